The monoisotopic (exact) mass is 408 g/mol. The van der Waals surface area contributed by atoms with Gasteiger partial charge in [-0.15, -0.1) is 0 Å². The van der Waals surface area contributed by atoms with E-state index in [9.17, 15) is 14.4 Å². The Morgan fingerprint density at radius 3 is 2.31 bits per heavy atom. The van der Waals surface area contributed by atoms with Crippen molar-refractivity contribution in [3.8, 4) is 0 Å². The number of imide groups is 1. The summed E-state index contributed by atoms with van der Waals surface area (Å²) in [5.41, 5.74) is 2.19. The van der Waals surface area contributed by atoms with Crippen LogP contribution in [-0.4, -0.2) is 40.7 Å². The molecule has 1 unspecified atom stereocenters. The normalized spacial score (nSPS) is 18.5. The fraction of sp³-hybridized carbons (Fsp3) is 0.190. The highest BCUT2D eigenvalue weighted by Gasteiger charge is 2.44. The van der Waals surface area contributed by atoms with Crippen molar-refractivity contribution in [2.75, 3.05) is 7.05 Å². The molecule has 1 atom stereocenters. The lowest BCUT2D eigenvalue weighted by atomic mass is 10.1. The van der Waals surface area contributed by atoms with E-state index in [1.165, 1.54) is 0 Å². The van der Waals surface area contributed by atoms with Gasteiger partial charge >= 0.3 is 6.03 Å². The zero-order valence-electron chi connectivity index (χ0n) is 15.8. The van der Waals surface area contributed by atoms with Gasteiger partial charge in [-0.2, -0.15) is 0 Å². The van der Waals surface area contributed by atoms with Crippen LogP contribution >= 0.6 is 11.9 Å². The van der Waals surface area contributed by atoms with Gasteiger partial charge in [0.25, 0.3) is 11.8 Å². The summed E-state index contributed by atoms with van der Waals surface area (Å²) in [6, 6.07) is 17.7. The van der Waals surface area contributed by atoms with Gasteiger partial charge in [0.2, 0.25) is 0 Å². The average molecular weight is 408 g/mol. The lowest BCUT2D eigenvalue weighted by Gasteiger charge is -2.31. The molecule has 148 valence electrons. The molecule has 0 saturated carbocycles. The third-order valence-electron chi connectivity index (χ3n) is 4.80. The highest BCUT2D eigenvalue weighted by Crippen LogP contribution is 2.32. The average Bonchev–Trinajstić information content (AvgIpc) is 3.15. The zero-order valence-corrected chi connectivity index (χ0v) is 16.6. The molecule has 0 bridgehead atoms. The fourth-order valence-corrected chi connectivity index (χ4v) is 4.26. The Kier molecular flexibility index (Phi) is 5.37. The van der Waals surface area contributed by atoms with E-state index in [2.05, 4.69) is 10.0 Å². The molecule has 0 aromatic heterocycles. The highest BCUT2D eigenvalue weighted by molar-refractivity contribution is 8.02. The SMILES string of the molecule is CN(Cc1ccccc1)C(=O)C1=C2NC(=O)N(Cc3ccccc3)C(=O)C2NS1. The second-order valence-corrected chi connectivity index (χ2v) is 7.73. The van der Waals surface area contributed by atoms with Crippen molar-refractivity contribution in [2.24, 2.45) is 0 Å². The van der Waals surface area contributed by atoms with E-state index in [1.54, 1.807) is 11.9 Å². The van der Waals surface area contributed by atoms with Crippen LogP contribution in [0.1, 0.15) is 11.1 Å². The van der Waals surface area contributed by atoms with Gasteiger partial charge in [-0.1, -0.05) is 60.7 Å². The number of hydrogen-bond donors (Lipinski definition) is 2. The summed E-state index contributed by atoms with van der Waals surface area (Å²) in [5.74, 6) is -0.609. The molecule has 7 nitrogen and oxygen atoms in total. The van der Waals surface area contributed by atoms with Gasteiger partial charge in [0.05, 0.1) is 12.2 Å². The summed E-state index contributed by atoms with van der Waals surface area (Å²) in [6.45, 7) is 0.614. The van der Waals surface area contributed by atoms with Crippen molar-refractivity contribution in [2.45, 2.75) is 19.1 Å². The predicted molar refractivity (Wildman–Crippen MR) is 110 cm³/mol. The number of fused-ring (bicyclic) bond motifs is 1. The Labute approximate surface area is 172 Å². The number of benzene rings is 2. The molecule has 0 radical (unpaired) electrons. The summed E-state index contributed by atoms with van der Waals surface area (Å²) >= 11 is 1.09. The third kappa shape index (κ3) is 3.90. The Morgan fingerprint density at radius 2 is 1.66 bits per heavy atom. The number of carbonyl (C=O) groups excluding carboxylic acids is 3. The highest BCUT2D eigenvalue weighted by atomic mass is 32.2. The summed E-state index contributed by atoms with van der Waals surface area (Å²) < 4.78 is 2.98. The molecule has 4 rings (SSSR count). The van der Waals surface area contributed by atoms with E-state index < -0.39 is 12.1 Å². The van der Waals surface area contributed by atoms with Crippen LogP contribution in [0, 0.1) is 0 Å². The summed E-state index contributed by atoms with van der Waals surface area (Å²) in [5, 5.41) is 2.74. The Hall–Kier alpha value is -3.10. The van der Waals surface area contributed by atoms with Gasteiger partial charge in [0.15, 0.2) is 0 Å². The van der Waals surface area contributed by atoms with E-state index >= 15 is 0 Å². The molecule has 4 amide bonds. The molecule has 8 heteroatoms. The standard InChI is InChI=1S/C21H20N4O3S/c1-24(12-14-8-4-2-5-9-14)20(27)18-16-17(23-29-18)19(26)25(21(28)22-16)13-15-10-6-3-7-11-15/h2-11,17,23H,12-13H2,1H3,(H,22,28). The number of rotatable bonds is 5. The lowest BCUT2D eigenvalue weighted by molar-refractivity contribution is -0.130. The molecule has 2 aromatic carbocycles. The van der Waals surface area contributed by atoms with Gasteiger partial charge in [-0.3, -0.25) is 14.5 Å². The quantitative estimate of drug-likeness (QED) is 0.742. The second-order valence-electron chi connectivity index (χ2n) is 6.88. The topological polar surface area (TPSA) is 81.8 Å². The number of likely N-dealkylation sites (N-methyl/N-ethyl adjacent to an activating group) is 1. The Balaban J connectivity index is 1.51. The minimum absolute atomic E-state index is 0.179. The number of carbonyl (C=O) groups is 3. The number of urea groups is 1. The maximum absolute atomic E-state index is 12.9. The van der Waals surface area contributed by atoms with E-state index in [0.29, 0.717) is 17.1 Å². The maximum Gasteiger partial charge on any atom is 0.328 e. The fourth-order valence-electron chi connectivity index (χ4n) is 3.28. The minimum Gasteiger partial charge on any atom is -0.337 e. The number of hydrogen-bond acceptors (Lipinski definition) is 5. The molecular formula is C21H20N4O3S. The smallest absolute Gasteiger partial charge is 0.328 e. The number of nitrogens with one attached hydrogen (secondary N) is 2. The minimum atomic E-state index is -0.745. The van der Waals surface area contributed by atoms with Crippen molar-refractivity contribution < 1.29 is 14.4 Å². The van der Waals surface area contributed by atoms with Gasteiger partial charge in [-0.05, 0) is 23.1 Å². The summed E-state index contributed by atoms with van der Waals surface area (Å²) in [6.07, 6.45) is 0. The molecule has 1 saturated heterocycles. The van der Waals surface area contributed by atoms with Crippen molar-refractivity contribution >= 4 is 29.8 Å². The molecule has 0 spiro atoms. The first-order valence-electron chi connectivity index (χ1n) is 9.17. The van der Waals surface area contributed by atoms with Crippen molar-refractivity contribution in [1.82, 2.24) is 19.8 Å². The van der Waals surface area contributed by atoms with Crippen LogP contribution in [0.3, 0.4) is 0 Å². The van der Waals surface area contributed by atoms with Crippen LogP contribution in [0.4, 0.5) is 4.79 Å². The van der Waals surface area contributed by atoms with Crippen molar-refractivity contribution in [1.29, 1.82) is 0 Å². The molecule has 0 aliphatic carbocycles. The maximum atomic E-state index is 12.9. The first kappa shape index (κ1) is 19.2. The van der Waals surface area contributed by atoms with E-state index in [-0.39, 0.29) is 18.4 Å². The molecule has 2 aliphatic heterocycles. The van der Waals surface area contributed by atoms with E-state index in [0.717, 1.165) is 28.0 Å². The Bertz CT molecular complexity index is 978. The van der Waals surface area contributed by atoms with E-state index in [1.807, 2.05) is 60.7 Å². The second kappa shape index (κ2) is 8.10. The molecule has 29 heavy (non-hydrogen) atoms. The molecular weight excluding hydrogens is 388 g/mol. The van der Waals surface area contributed by atoms with Crippen LogP contribution in [0.15, 0.2) is 71.3 Å². The predicted octanol–water partition coefficient (Wildman–Crippen LogP) is 2.23. The van der Waals surface area contributed by atoms with E-state index in [4.69, 9.17) is 0 Å². The Morgan fingerprint density at radius 1 is 1.03 bits per heavy atom. The van der Waals surface area contributed by atoms with Crippen molar-refractivity contribution in [3.05, 3.63) is 82.4 Å². The molecule has 2 aromatic rings. The van der Waals surface area contributed by atoms with Gasteiger partial charge in [0.1, 0.15) is 10.9 Å². The van der Waals surface area contributed by atoms with Crippen LogP contribution in [0.5, 0.6) is 0 Å². The van der Waals surface area contributed by atoms with Gasteiger partial charge in [0, 0.05) is 13.6 Å². The third-order valence-corrected chi connectivity index (χ3v) is 5.75. The van der Waals surface area contributed by atoms with Crippen LogP contribution in [-0.2, 0) is 22.7 Å². The van der Waals surface area contributed by atoms with Gasteiger partial charge in [-0.25, -0.2) is 9.52 Å². The van der Waals surface area contributed by atoms with Crippen LogP contribution in [0.2, 0.25) is 0 Å². The zero-order chi connectivity index (χ0) is 20.4. The number of nitrogens with zero attached hydrogens (tertiary/aromatic N) is 2. The van der Waals surface area contributed by atoms with Crippen molar-refractivity contribution in [3.63, 3.8) is 0 Å². The number of amides is 4. The lowest BCUT2D eigenvalue weighted by Crippen LogP contribution is -2.57. The largest absolute Gasteiger partial charge is 0.337 e. The van der Waals surface area contributed by atoms with Crippen LogP contribution < -0.4 is 10.0 Å². The van der Waals surface area contributed by atoms with Gasteiger partial charge < -0.3 is 10.2 Å². The summed E-state index contributed by atoms with van der Waals surface area (Å²) in [7, 11) is 1.70. The molecule has 2 aliphatic rings. The molecule has 1 fully saturated rings. The first-order chi connectivity index (χ1) is 14.0. The van der Waals surface area contributed by atoms with Crippen LogP contribution in [0.25, 0.3) is 0 Å². The molecule has 2 N–H and O–H groups in total. The first-order valence-corrected chi connectivity index (χ1v) is 9.98. The molecule has 2 heterocycles. The summed E-state index contributed by atoms with van der Waals surface area (Å²) in [4.78, 5) is 41.5.